The minimum atomic E-state index is -0.144. The summed E-state index contributed by atoms with van der Waals surface area (Å²) in [7, 11) is 1.62. The van der Waals surface area contributed by atoms with E-state index in [0.29, 0.717) is 24.5 Å². The lowest BCUT2D eigenvalue weighted by molar-refractivity contribution is -0.121. The maximum absolute atomic E-state index is 11.9. The molecule has 0 aromatic heterocycles. The highest BCUT2D eigenvalue weighted by Gasteiger charge is 2.04. The average molecular weight is 375 g/mol. The molecule has 2 aromatic rings. The number of hydrogen-bond donors (Lipinski definition) is 1. The van der Waals surface area contributed by atoms with Gasteiger partial charge < -0.3 is 9.47 Å². The number of ether oxygens (including phenoxy) is 2. The molecule has 0 aliphatic heterocycles. The molecule has 1 N–H and O–H groups in total. The molecule has 5 nitrogen and oxygen atoms in total. The molecule has 0 saturated heterocycles. The monoisotopic (exact) mass is 374 g/mol. The van der Waals surface area contributed by atoms with E-state index in [9.17, 15) is 4.79 Å². The minimum Gasteiger partial charge on any atom is -0.497 e. The molecule has 26 heavy (non-hydrogen) atoms. The number of methoxy groups -OCH3 is 1. The molecule has 0 spiro atoms. The molecule has 0 saturated carbocycles. The quantitative estimate of drug-likeness (QED) is 0.424. The van der Waals surface area contributed by atoms with E-state index in [1.54, 1.807) is 13.2 Å². The highest BCUT2D eigenvalue weighted by atomic mass is 35.5. The molecule has 0 bridgehead atoms. The van der Waals surface area contributed by atoms with Gasteiger partial charge in [-0.15, -0.1) is 0 Å². The molecule has 6 heteroatoms. The Bertz CT molecular complexity index is 773. The van der Waals surface area contributed by atoms with Crippen molar-refractivity contribution in [3.05, 3.63) is 58.6 Å². The van der Waals surface area contributed by atoms with Crippen LogP contribution >= 0.6 is 11.6 Å². The summed E-state index contributed by atoms with van der Waals surface area (Å²) in [6, 6.07) is 13.0. The molecule has 0 heterocycles. The van der Waals surface area contributed by atoms with Crippen molar-refractivity contribution in [3.8, 4) is 11.5 Å². The van der Waals surface area contributed by atoms with Crippen LogP contribution in [-0.4, -0.2) is 25.3 Å². The first-order valence-corrected chi connectivity index (χ1v) is 8.74. The van der Waals surface area contributed by atoms with Gasteiger partial charge in [-0.1, -0.05) is 11.6 Å². The summed E-state index contributed by atoms with van der Waals surface area (Å²) < 4.78 is 10.8. The molecule has 138 valence electrons. The summed E-state index contributed by atoms with van der Waals surface area (Å²) in [5.41, 5.74) is 5.20. The van der Waals surface area contributed by atoms with E-state index in [-0.39, 0.29) is 5.91 Å². The molecule has 1 amide bonds. The number of nitrogens with zero attached hydrogens (tertiary/aromatic N) is 1. The number of aryl methyl sites for hydroxylation is 1. The van der Waals surface area contributed by atoms with Gasteiger partial charge in [0.1, 0.15) is 11.5 Å². The van der Waals surface area contributed by atoms with Gasteiger partial charge in [-0.05, 0) is 73.9 Å². The van der Waals surface area contributed by atoms with Crippen molar-refractivity contribution in [2.24, 2.45) is 5.10 Å². The summed E-state index contributed by atoms with van der Waals surface area (Å²) >= 11 is 5.91. The number of carbonyl (C=O) groups excluding carboxylic acids is 1. The maximum Gasteiger partial charge on any atom is 0.240 e. The van der Waals surface area contributed by atoms with Crippen LogP contribution in [0.3, 0.4) is 0 Å². The van der Waals surface area contributed by atoms with E-state index in [1.165, 1.54) is 0 Å². The lowest BCUT2D eigenvalue weighted by atomic mass is 10.1. The topological polar surface area (TPSA) is 59.9 Å². The maximum atomic E-state index is 11.9. The van der Waals surface area contributed by atoms with Crippen LogP contribution < -0.4 is 14.9 Å². The Morgan fingerprint density at radius 3 is 2.58 bits per heavy atom. The van der Waals surface area contributed by atoms with Crippen LogP contribution in [0.1, 0.15) is 30.9 Å². The van der Waals surface area contributed by atoms with Gasteiger partial charge in [0.05, 0.1) is 19.4 Å². The first-order chi connectivity index (χ1) is 12.5. The van der Waals surface area contributed by atoms with Crippen molar-refractivity contribution >= 4 is 23.2 Å². The van der Waals surface area contributed by atoms with Gasteiger partial charge in [0, 0.05) is 11.4 Å². The molecule has 2 rings (SSSR count). The molecule has 0 aliphatic rings. The van der Waals surface area contributed by atoms with Gasteiger partial charge in [0.25, 0.3) is 0 Å². The van der Waals surface area contributed by atoms with Crippen molar-refractivity contribution in [1.82, 2.24) is 5.43 Å². The molecular formula is C20H23ClN2O3. The number of hydrogen-bond acceptors (Lipinski definition) is 4. The number of amides is 1. The minimum absolute atomic E-state index is 0.144. The molecular weight excluding hydrogens is 352 g/mol. The normalized spacial score (nSPS) is 11.2. The fourth-order valence-electron chi connectivity index (χ4n) is 2.29. The number of benzene rings is 2. The summed E-state index contributed by atoms with van der Waals surface area (Å²) in [5, 5.41) is 4.81. The zero-order valence-electron chi connectivity index (χ0n) is 15.2. The van der Waals surface area contributed by atoms with E-state index in [0.717, 1.165) is 28.3 Å². The van der Waals surface area contributed by atoms with Gasteiger partial charge in [-0.3, -0.25) is 4.79 Å². The van der Waals surface area contributed by atoms with Crippen molar-refractivity contribution in [2.45, 2.75) is 26.7 Å². The zero-order valence-corrected chi connectivity index (χ0v) is 16.0. The number of nitrogens with one attached hydrogen (secondary N) is 1. The summed E-state index contributed by atoms with van der Waals surface area (Å²) in [5.74, 6) is 1.42. The third-order valence-corrected chi connectivity index (χ3v) is 4.03. The highest BCUT2D eigenvalue weighted by molar-refractivity contribution is 6.30. The standard InChI is InChI=1S/C20H23ClN2O3/c1-14-13-17(21)8-11-19(14)26-12-4-5-20(24)23-22-15(2)16-6-9-18(25-3)10-7-16/h6-11,13H,4-5,12H2,1-3H3,(H,23,24). The second-order valence-corrected chi connectivity index (χ2v) is 6.26. The fraction of sp³-hybridized carbons (Fsp3) is 0.300. The SMILES string of the molecule is COc1ccc(C(C)=NNC(=O)CCCOc2ccc(Cl)cc2C)cc1. The van der Waals surface area contributed by atoms with E-state index in [4.69, 9.17) is 21.1 Å². The lowest BCUT2D eigenvalue weighted by Crippen LogP contribution is -2.19. The van der Waals surface area contributed by atoms with Crippen molar-refractivity contribution < 1.29 is 14.3 Å². The van der Waals surface area contributed by atoms with Crippen LogP contribution in [0.4, 0.5) is 0 Å². The van der Waals surface area contributed by atoms with Crippen molar-refractivity contribution in [2.75, 3.05) is 13.7 Å². The first kappa shape index (κ1) is 19.8. The van der Waals surface area contributed by atoms with Gasteiger partial charge in [-0.2, -0.15) is 5.10 Å². The number of carbonyl (C=O) groups is 1. The number of halogens is 1. The Kier molecular flexibility index (Phi) is 7.48. The average Bonchev–Trinajstić information content (AvgIpc) is 2.64. The molecule has 2 aromatic carbocycles. The smallest absolute Gasteiger partial charge is 0.240 e. The third kappa shape index (κ3) is 6.08. The van der Waals surface area contributed by atoms with Crippen molar-refractivity contribution in [1.29, 1.82) is 0 Å². The number of hydrazone groups is 1. The number of rotatable bonds is 8. The first-order valence-electron chi connectivity index (χ1n) is 8.36. The fourth-order valence-corrected chi connectivity index (χ4v) is 2.52. The van der Waals surface area contributed by atoms with Gasteiger partial charge in [-0.25, -0.2) is 5.43 Å². The molecule has 0 aliphatic carbocycles. The molecule has 0 unspecified atom stereocenters. The Morgan fingerprint density at radius 1 is 1.19 bits per heavy atom. The van der Waals surface area contributed by atoms with Gasteiger partial charge >= 0.3 is 0 Å². The van der Waals surface area contributed by atoms with E-state index >= 15 is 0 Å². The van der Waals surface area contributed by atoms with Crippen LogP contribution in [0.2, 0.25) is 5.02 Å². The van der Waals surface area contributed by atoms with E-state index in [1.807, 2.05) is 50.2 Å². The Morgan fingerprint density at radius 2 is 1.92 bits per heavy atom. The Balaban J connectivity index is 1.74. The largest absolute Gasteiger partial charge is 0.497 e. The predicted molar refractivity (Wildman–Crippen MR) is 104 cm³/mol. The molecule has 0 fully saturated rings. The summed E-state index contributed by atoms with van der Waals surface area (Å²) in [6.45, 7) is 4.23. The molecule has 0 atom stereocenters. The van der Waals surface area contributed by atoms with Crippen LogP contribution in [0.5, 0.6) is 11.5 Å². The summed E-state index contributed by atoms with van der Waals surface area (Å²) in [6.07, 6.45) is 0.942. The third-order valence-electron chi connectivity index (χ3n) is 3.80. The predicted octanol–water partition coefficient (Wildman–Crippen LogP) is 4.36. The van der Waals surface area contributed by atoms with Crippen LogP contribution in [-0.2, 0) is 4.79 Å². The van der Waals surface area contributed by atoms with Crippen molar-refractivity contribution in [3.63, 3.8) is 0 Å². The Labute approximate surface area is 159 Å². The summed E-state index contributed by atoms with van der Waals surface area (Å²) in [4.78, 5) is 11.9. The second kappa shape index (κ2) is 9.82. The van der Waals surface area contributed by atoms with E-state index < -0.39 is 0 Å². The zero-order chi connectivity index (χ0) is 18.9. The van der Waals surface area contributed by atoms with Gasteiger partial charge in [0.15, 0.2) is 0 Å². The molecule has 0 radical (unpaired) electrons. The van der Waals surface area contributed by atoms with Crippen LogP contribution in [0, 0.1) is 6.92 Å². The van der Waals surface area contributed by atoms with E-state index in [2.05, 4.69) is 10.5 Å². The van der Waals surface area contributed by atoms with Crippen LogP contribution in [0.25, 0.3) is 0 Å². The highest BCUT2D eigenvalue weighted by Crippen LogP contribution is 2.21. The second-order valence-electron chi connectivity index (χ2n) is 5.82. The van der Waals surface area contributed by atoms with Gasteiger partial charge in [0.2, 0.25) is 5.91 Å². The Hall–Kier alpha value is -2.53. The lowest BCUT2D eigenvalue weighted by Gasteiger charge is -2.09. The van der Waals surface area contributed by atoms with Crippen LogP contribution in [0.15, 0.2) is 47.6 Å².